The maximum absolute atomic E-state index is 12.3. The van der Waals surface area contributed by atoms with E-state index in [1.165, 1.54) is 23.3 Å². The summed E-state index contributed by atoms with van der Waals surface area (Å²) in [7, 11) is 0. The zero-order chi connectivity index (χ0) is 15.4. The van der Waals surface area contributed by atoms with Gasteiger partial charge in [-0.3, -0.25) is 4.79 Å². The van der Waals surface area contributed by atoms with Gasteiger partial charge in [-0.25, -0.2) is 4.98 Å². The number of nitrogens with one attached hydrogen (secondary N) is 1. The molecule has 1 amide bonds. The summed E-state index contributed by atoms with van der Waals surface area (Å²) in [5, 5.41) is 2.98. The molecular weight excluding hydrogens is 296 g/mol. The number of aryl methyl sites for hydroxylation is 2. The minimum absolute atomic E-state index is 0.00849. The Morgan fingerprint density at radius 1 is 1.36 bits per heavy atom. The lowest BCUT2D eigenvalue weighted by molar-refractivity contribution is 0.0955. The van der Waals surface area contributed by atoms with Gasteiger partial charge >= 0.3 is 0 Å². The van der Waals surface area contributed by atoms with Gasteiger partial charge in [-0.2, -0.15) is 0 Å². The molecule has 3 rings (SSSR count). The Morgan fingerprint density at radius 3 is 3.05 bits per heavy atom. The second-order valence-electron chi connectivity index (χ2n) is 5.38. The number of thiophene rings is 1. The molecule has 1 aliphatic rings. The number of ether oxygens (including phenoxy) is 1. The van der Waals surface area contributed by atoms with Crippen molar-refractivity contribution < 1.29 is 9.53 Å². The Kier molecular flexibility index (Phi) is 4.73. The van der Waals surface area contributed by atoms with E-state index in [0.29, 0.717) is 19.0 Å². The maximum atomic E-state index is 12.3. The molecule has 116 valence electrons. The minimum Gasteiger partial charge on any atom is -0.478 e. The molecule has 0 atom stereocenters. The van der Waals surface area contributed by atoms with Gasteiger partial charge in [-0.15, -0.1) is 11.3 Å². The minimum atomic E-state index is 0.00849. The van der Waals surface area contributed by atoms with Crippen LogP contribution in [0.25, 0.3) is 0 Å². The first-order valence-electron chi connectivity index (χ1n) is 7.74. The first kappa shape index (κ1) is 15.0. The van der Waals surface area contributed by atoms with Gasteiger partial charge < -0.3 is 10.1 Å². The van der Waals surface area contributed by atoms with E-state index in [1.807, 2.05) is 19.1 Å². The number of pyridine rings is 1. The average Bonchev–Trinajstić information content (AvgIpc) is 2.97. The lowest BCUT2D eigenvalue weighted by Crippen LogP contribution is -2.21. The predicted molar refractivity (Wildman–Crippen MR) is 87.5 cm³/mol. The highest BCUT2D eigenvalue weighted by molar-refractivity contribution is 7.14. The van der Waals surface area contributed by atoms with Crippen molar-refractivity contribution in [3.63, 3.8) is 0 Å². The highest BCUT2D eigenvalue weighted by atomic mass is 32.1. The lowest BCUT2D eigenvalue weighted by Gasteiger charge is -2.08. The van der Waals surface area contributed by atoms with Crippen LogP contribution in [-0.4, -0.2) is 17.5 Å². The van der Waals surface area contributed by atoms with Gasteiger partial charge in [0, 0.05) is 23.7 Å². The van der Waals surface area contributed by atoms with Crippen molar-refractivity contribution in [2.75, 3.05) is 6.61 Å². The van der Waals surface area contributed by atoms with Crippen molar-refractivity contribution >= 4 is 17.2 Å². The van der Waals surface area contributed by atoms with Gasteiger partial charge in [0.15, 0.2) is 0 Å². The maximum Gasteiger partial charge on any atom is 0.261 e. The summed E-state index contributed by atoms with van der Waals surface area (Å²) in [6, 6.07) is 5.82. The van der Waals surface area contributed by atoms with Gasteiger partial charge in [-0.1, -0.05) is 0 Å². The standard InChI is InChI=1S/C17H20N2O2S/c1-2-21-16-9-12(7-8-18-16)11-19-17(20)15-10-13-5-3-4-6-14(13)22-15/h7-10H,2-6,11H2,1H3,(H,19,20). The van der Waals surface area contributed by atoms with Crippen LogP contribution in [0.5, 0.6) is 5.88 Å². The first-order chi connectivity index (χ1) is 10.8. The topological polar surface area (TPSA) is 51.2 Å². The first-order valence-corrected chi connectivity index (χ1v) is 8.55. The normalized spacial score (nSPS) is 13.5. The third-order valence-corrected chi connectivity index (χ3v) is 5.00. The highest BCUT2D eigenvalue weighted by Gasteiger charge is 2.17. The van der Waals surface area contributed by atoms with Gasteiger partial charge in [0.1, 0.15) is 0 Å². The van der Waals surface area contributed by atoms with Gasteiger partial charge in [0.05, 0.1) is 11.5 Å². The Balaban J connectivity index is 1.62. The van der Waals surface area contributed by atoms with E-state index in [4.69, 9.17) is 4.74 Å². The molecule has 2 aromatic rings. The van der Waals surface area contributed by atoms with Crippen molar-refractivity contribution in [2.24, 2.45) is 0 Å². The number of fused-ring (bicyclic) bond motifs is 1. The number of rotatable bonds is 5. The van der Waals surface area contributed by atoms with Crippen molar-refractivity contribution in [1.29, 1.82) is 0 Å². The molecule has 0 spiro atoms. The number of nitrogens with zero attached hydrogens (tertiary/aromatic N) is 1. The van der Waals surface area contributed by atoms with E-state index >= 15 is 0 Å². The fourth-order valence-electron chi connectivity index (χ4n) is 2.66. The Morgan fingerprint density at radius 2 is 2.23 bits per heavy atom. The van der Waals surface area contributed by atoms with Crippen LogP contribution >= 0.6 is 11.3 Å². The predicted octanol–water partition coefficient (Wildman–Crippen LogP) is 3.35. The summed E-state index contributed by atoms with van der Waals surface area (Å²) < 4.78 is 5.37. The fraction of sp³-hybridized carbons (Fsp3) is 0.412. The van der Waals surface area contributed by atoms with Crippen molar-refractivity contribution in [1.82, 2.24) is 10.3 Å². The quantitative estimate of drug-likeness (QED) is 0.920. The number of aromatic nitrogens is 1. The van der Waals surface area contributed by atoms with E-state index in [-0.39, 0.29) is 5.91 Å². The smallest absolute Gasteiger partial charge is 0.261 e. The van der Waals surface area contributed by atoms with Crippen LogP contribution < -0.4 is 10.1 Å². The number of carbonyl (C=O) groups excluding carboxylic acids is 1. The molecule has 0 saturated heterocycles. The highest BCUT2D eigenvalue weighted by Crippen LogP contribution is 2.29. The van der Waals surface area contributed by atoms with E-state index < -0.39 is 0 Å². The molecule has 2 heterocycles. The Labute approximate surface area is 134 Å². The molecule has 0 aromatic carbocycles. The summed E-state index contributed by atoms with van der Waals surface area (Å²) in [4.78, 5) is 18.6. The van der Waals surface area contributed by atoms with Crippen molar-refractivity contribution in [3.05, 3.63) is 45.3 Å². The van der Waals surface area contributed by atoms with E-state index in [1.54, 1.807) is 17.5 Å². The number of hydrogen-bond donors (Lipinski definition) is 1. The molecule has 5 heteroatoms. The lowest BCUT2D eigenvalue weighted by atomic mass is 9.99. The van der Waals surface area contributed by atoms with Crippen molar-refractivity contribution in [3.8, 4) is 5.88 Å². The second kappa shape index (κ2) is 6.92. The van der Waals surface area contributed by atoms with Gasteiger partial charge in [-0.05, 0) is 55.9 Å². The molecule has 0 aliphatic heterocycles. The number of amides is 1. The number of carbonyl (C=O) groups is 1. The SMILES string of the molecule is CCOc1cc(CNC(=O)c2cc3c(s2)CCCC3)ccn1. The monoisotopic (exact) mass is 316 g/mol. The number of hydrogen-bond acceptors (Lipinski definition) is 4. The van der Waals surface area contributed by atoms with Crippen LogP contribution in [0.15, 0.2) is 24.4 Å². The van der Waals surface area contributed by atoms with Gasteiger partial charge in [0.2, 0.25) is 5.88 Å². The molecule has 0 radical (unpaired) electrons. The average molecular weight is 316 g/mol. The second-order valence-corrected chi connectivity index (χ2v) is 6.52. The summed E-state index contributed by atoms with van der Waals surface area (Å²) in [5.41, 5.74) is 2.36. The van der Waals surface area contributed by atoms with Crippen LogP contribution in [0.3, 0.4) is 0 Å². The van der Waals surface area contributed by atoms with Crippen LogP contribution in [0.2, 0.25) is 0 Å². The molecule has 0 saturated carbocycles. The van der Waals surface area contributed by atoms with E-state index in [2.05, 4.69) is 16.4 Å². The van der Waals surface area contributed by atoms with E-state index in [9.17, 15) is 4.79 Å². The zero-order valence-corrected chi connectivity index (χ0v) is 13.5. The third-order valence-electron chi connectivity index (χ3n) is 3.76. The molecule has 0 unspecified atom stereocenters. The van der Waals surface area contributed by atoms with Crippen LogP contribution in [0.1, 0.15) is 45.4 Å². The van der Waals surface area contributed by atoms with Crippen LogP contribution in [0.4, 0.5) is 0 Å². The molecular formula is C17H20N2O2S. The summed E-state index contributed by atoms with van der Waals surface area (Å²) in [5.74, 6) is 0.606. The van der Waals surface area contributed by atoms with Crippen LogP contribution in [0, 0.1) is 0 Å². The largest absolute Gasteiger partial charge is 0.478 e. The summed E-state index contributed by atoms with van der Waals surface area (Å²) in [6.45, 7) is 3.00. The third kappa shape index (κ3) is 3.47. The zero-order valence-electron chi connectivity index (χ0n) is 12.7. The molecule has 4 nitrogen and oxygen atoms in total. The van der Waals surface area contributed by atoms with Crippen LogP contribution in [-0.2, 0) is 19.4 Å². The summed E-state index contributed by atoms with van der Waals surface area (Å²) in [6.07, 6.45) is 6.42. The summed E-state index contributed by atoms with van der Waals surface area (Å²) >= 11 is 1.64. The van der Waals surface area contributed by atoms with Gasteiger partial charge in [0.25, 0.3) is 5.91 Å². The molecule has 22 heavy (non-hydrogen) atoms. The van der Waals surface area contributed by atoms with E-state index in [0.717, 1.165) is 23.3 Å². The molecule has 0 bridgehead atoms. The molecule has 0 fully saturated rings. The Bertz CT molecular complexity index is 643. The molecule has 2 aromatic heterocycles. The fourth-order valence-corrected chi connectivity index (χ4v) is 3.83. The van der Waals surface area contributed by atoms with Crippen molar-refractivity contribution in [2.45, 2.75) is 39.2 Å². The Hall–Kier alpha value is -1.88. The molecule has 1 aliphatic carbocycles. The molecule has 1 N–H and O–H groups in total.